The molecular weight excluding hydrogens is 306 g/mol. The van der Waals surface area contributed by atoms with Crippen LogP contribution >= 0.6 is 0 Å². The van der Waals surface area contributed by atoms with Crippen LogP contribution in [0.5, 0.6) is 5.75 Å². The van der Waals surface area contributed by atoms with Crippen LogP contribution in [0.25, 0.3) is 0 Å². The quantitative estimate of drug-likeness (QED) is 0.806. The van der Waals surface area contributed by atoms with E-state index in [0.717, 1.165) is 12.3 Å². The van der Waals surface area contributed by atoms with E-state index < -0.39 is 0 Å². The zero-order chi connectivity index (χ0) is 16.9. The van der Waals surface area contributed by atoms with Crippen molar-refractivity contribution in [2.75, 3.05) is 13.7 Å². The number of nitrogens with zero attached hydrogens (tertiary/aromatic N) is 2. The number of carbonyl (C=O) groups is 1. The number of rotatable bonds is 8. The lowest BCUT2D eigenvalue weighted by Crippen LogP contribution is -2.26. The fourth-order valence-electron chi connectivity index (χ4n) is 2.67. The Morgan fingerprint density at radius 2 is 2.25 bits per heavy atom. The van der Waals surface area contributed by atoms with Crippen LogP contribution < -0.4 is 10.1 Å². The number of ether oxygens (including phenoxy) is 1. The van der Waals surface area contributed by atoms with Crippen LogP contribution in [0, 0.1) is 0 Å². The van der Waals surface area contributed by atoms with Gasteiger partial charge in [-0.2, -0.15) is 0 Å². The summed E-state index contributed by atoms with van der Waals surface area (Å²) in [7, 11) is 1.67. The maximum atomic E-state index is 11.8. The van der Waals surface area contributed by atoms with Gasteiger partial charge in [-0.1, -0.05) is 12.1 Å². The first kappa shape index (κ1) is 16.5. The summed E-state index contributed by atoms with van der Waals surface area (Å²) in [5.41, 5.74) is 1.53. The van der Waals surface area contributed by atoms with Gasteiger partial charge in [-0.05, 0) is 37.5 Å². The molecule has 3 rings (SSSR count). The van der Waals surface area contributed by atoms with E-state index in [1.807, 2.05) is 25.1 Å². The largest absolute Gasteiger partial charge is 0.497 e. The number of hydrogen-bond donors (Lipinski definition) is 1. The van der Waals surface area contributed by atoms with Crippen molar-refractivity contribution >= 4 is 5.91 Å². The summed E-state index contributed by atoms with van der Waals surface area (Å²) >= 11 is 0. The Bertz CT molecular complexity index is 694. The Morgan fingerprint density at radius 1 is 1.42 bits per heavy atom. The molecule has 1 aromatic heterocycles. The molecule has 1 amide bonds. The van der Waals surface area contributed by atoms with Crippen LogP contribution in [0.2, 0.25) is 0 Å². The van der Waals surface area contributed by atoms with Gasteiger partial charge in [0.25, 0.3) is 5.91 Å². The number of hydrogen-bond acceptors (Lipinski definition) is 5. The van der Waals surface area contributed by atoms with E-state index >= 15 is 0 Å². The van der Waals surface area contributed by atoms with Crippen LogP contribution in [0.3, 0.4) is 0 Å². The van der Waals surface area contributed by atoms with E-state index in [2.05, 4.69) is 21.3 Å². The highest BCUT2D eigenvalue weighted by molar-refractivity contribution is 5.91. The molecule has 1 aliphatic carbocycles. The first-order valence-corrected chi connectivity index (χ1v) is 8.29. The molecule has 1 aromatic carbocycles. The van der Waals surface area contributed by atoms with Gasteiger partial charge >= 0.3 is 0 Å². The molecule has 128 valence electrons. The summed E-state index contributed by atoms with van der Waals surface area (Å²) in [4.78, 5) is 18.4. The molecular formula is C18H23N3O3. The Morgan fingerprint density at radius 3 is 2.96 bits per heavy atom. The van der Waals surface area contributed by atoms with Gasteiger partial charge in [-0.15, -0.1) is 0 Å². The fourth-order valence-corrected chi connectivity index (χ4v) is 2.67. The van der Waals surface area contributed by atoms with Crippen molar-refractivity contribution in [3.05, 3.63) is 47.7 Å². The number of oxazole rings is 1. The van der Waals surface area contributed by atoms with Crippen molar-refractivity contribution in [1.82, 2.24) is 15.2 Å². The average Bonchev–Trinajstić information content (AvgIpc) is 3.34. The first-order valence-electron chi connectivity index (χ1n) is 8.29. The molecule has 0 unspecified atom stereocenters. The van der Waals surface area contributed by atoms with E-state index in [-0.39, 0.29) is 5.91 Å². The van der Waals surface area contributed by atoms with Gasteiger partial charge in [0.2, 0.25) is 5.89 Å². The fraction of sp³-hybridized carbons (Fsp3) is 0.444. The Hall–Kier alpha value is -2.34. The van der Waals surface area contributed by atoms with Crippen LogP contribution in [0.4, 0.5) is 0 Å². The predicted molar refractivity (Wildman–Crippen MR) is 89.8 cm³/mol. The first-order chi connectivity index (χ1) is 11.7. The van der Waals surface area contributed by atoms with Crippen molar-refractivity contribution in [1.29, 1.82) is 0 Å². The average molecular weight is 329 g/mol. The van der Waals surface area contributed by atoms with Crippen molar-refractivity contribution < 1.29 is 13.9 Å². The highest BCUT2D eigenvalue weighted by atomic mass is 16.5. The number of benzene rings is 1. The highest BCUT2D eigenvalue weighted by Gasteiger charge is 2.30. The minimum Gasteiger partial charge on any atom is -0.497 e. The molecule has 0 bridgehead atoms. The van der Waals surface area contributed by atoms with Gasteiger partial charge < -0.3 is 14.5 Å². The van der Waals surface area contributed by atoms with Gasteiger partial charge in [0, 0.05) is 19.1 Å². The van der Waals surface area contributed by atoms with Crippen molar-refractivity contribution in [2.45, 2.75) is 38.9 Å². The molecule has 2 aromatic rings. The molecule has 6 heteroatoms. The summed E-state index contributed by atoms with van der Waals surface area (Å²) in [6.07, 6.45) is 3.80. The predicted octanol–water partition coefficient (Wildman–Crippen LogP) is 2.60. The maximum Gasteiger partial charge on any atom is 0.273 e. The number of aromatic nitrogens is 1. The minimum absolute atomic E-state index is 0.196. The number of amides is 1. The van der Waals surface area contributed by atoms with Crippen LogP contribution in [-0.4, -0.2) is 35.5 Å². The van der Waals surface area contributed by atoms with Crippen molar-refractivity contribution in [2.24, 2.45) is 0 Å². The molecule has 1 aliphatic rings. The molecule has 1 saturated carbocycles. The lowest BCUT2D eigenvalue weighted by atomic mass is 10.2. The van der Waals surface area contributed by atoms with E-state index in [9.17, 15) is 4.79 Å². The molecule has 0 spiro atoms. The Labute approximate surface area is 141 Å². The number of nitrogens with one attached hydrogen (secondary N) is 1. The third kappa shape index (κ3) is 4.14. The Kier molecular flexibility index (Phi) is 5.15. The summed E-state index contributed by atoms with van der Waals surface area (Å²) in [6.45, 7) is 3.86. The lowest BCUT2D eigenvalue weighted by molar-refractivity contribution is 0.0950. The van der Waals surface area contributed by atoms with E-state index in [1.54, 1.807) is 7.11 Å². The van der Waals surface area contributed by atoms with Gasteiger partial charge in [-0.25, -0.2) is 4.98 Å². The maximum absolute atomic E-state index is 11.8. The normalized spacial score (nSPS) is 14.0. The molecule has 24 heavy (non-hydrogen) atoms. The third-order valence-electron chi connectivity index (χ3n) is 4.04. The standard InChI is InChI=1S/C18H23N3O3/c1-3-19-18(22)16-12-24-17(20-16)11-21(14-7-8-14)10-13-5-4-6-15(9-13)23-2/h4-6,9,12,14H,3,7-8,10-11H2,1-2H3,(H,19,22). The smallest absolute Gasteiger partial charge is 0.273 e. The van der Waals surface area contributed by atoms with Gasteiger partial charge in [0.15, 0.2) is 5.69 Å². The second-order valence-corrected chi connectivity index (χ2v) is 5.97. The van der Waals surface area contributed by atoms with Crippen LogP contribution in [0.15, 0.2) is 34.9 Å². The molecule has 0 aliphatic heterocycles. The summed E-state index contributed by atoms with van der Waals surface area (Å²) in [5.74, 6) is 1.24. The molecule has 1 fully saturated rings. The van der Waals surface area contributed by atoms with E-state index in [1.165, 1.54) is 24.7 Å². The monoisotopic (exact) mass is 329 g/mol. The van der Waals surface area contributed by atoms with E-state index in [0.29, 0.717) is 30.7 Å². The SMILES string of the molecule is CCNC(=O)c1coc(CN(Cc2cccc(OC)c2)C2CC2)n1. The van der Waals surface area contributed by atoms with E-state index in [4.69, 9.17) is 9.15 Å². The zero-order valence-corrected chi connectivity index (χ0v) is 14.1. The molecule has 6 nitrogen and oxygen atoms in total. The van der Waals surface area contributed by atoms with Crippen LogP contribution in [-0.2, 0) is 13.1 Å². The summed E-state index contributed by atoms with van der Waals surface area (Å²) in [6, 6.07) is 8.63. The minimum atomic E-state index is -0.196. The molecule has 0 radical (unpaired) electrons. The van der Waals surface area contributed by atoms with Crippen LogP contribution in [0.1, 0.15) is 41.7 Å². The van der Waals surface area contributed by atoms with Gasteiger partial charge in [0.1, 0.15) is 12.0 Å². The summed E-state index contributed by atoms with van der Waals surface area (Å²) < 4.78 is 10.8. The second-order valence-electron chi connectivity index (χ2n) is 5.97. The lowest BCUT2D eigenvalue weighted by Gasteiger charge is -2.20. The van der Waals surface area contributed by atoms with Gasteiger partial charge in [0.05, 0.1) is 13.7 Å². The topological polar surface area (TPSA) is 67.6 Å². The zero-order valence-electron chi connectivity index (χ0n) is 14.1. The molecule has 0 saturated heterocycles. The Balaban J connectivity index is 1.67. The molecule has 1 heterocycles. The van der Waals surface area contributed by atoms with Crippen molar-refractivity contribution in [3.63, 3.8) is 0 Å². The van der Waals surface area contributed by atoms with Gasteiger partial charge in [-0.3, -0.25) is 9.69 Å². The number of carbonyl (C=O) groups excluding carboxylic acids is 1. The number of methoxy groups -OCH3 is 1. The molecule has 0 atom stereocenters. The highest BCUT2D eigenvalue weighted by Crippen LogP contribution is 2.30. The third-order valence-corrected chi connectivity index (χ3v) is 4.04. The van der Waals surface area contributed by atoms with Crippen molar-refractivity contribution in [3.8, 4) is 5.75 Å². The molecule has 1 N–H and O–H groups in total. The summed E-state index contributed by atoms with van der Waals surface area (Å²) in [5, 5.41) is 2.73. The second kappa shape index (κ2) is 7.49.